The number of hydrogen-bond acceptors (Lipinski definition) is 6. The van der Waals surface area contributed by atoms with Crippen molar-refractivity contribution >= 4 is 20.0 Å². The van der Waals surface area contributed by atoms with E-state index in [2.05, 4.69) is 9.71 Å². The first-order valence-electron chi connectivity index (χ1n) is 10.0. The van der Waals surface area contributed by atoms with Crippen molar-refractivity contribution in [2.75, 3.05) is 26.3 Å². The fraction of sp³-hybridized carbons (Fsp3) is 0.227. The van der Waals surface area contributed by atoms with E-state index in [1.54, 1.807) is 24.4 Å². The van der Waals surface area contributed by atoms with Crippen molar-refractivity contribution in [2.24, 2.45) is 0 Å². The number of nitrogens with one attached hydrogen (secondary N) is 1. The van der Waals surface area contributed by atoms with E-state index in [0.29, 0.717) is 18.9 Å². The molecule has 0 saturated carbocycles. The van der Waals surface area contributed by atoms with Crippen LogP contribution in [0.5, 0.6) is 0 Å². The summed E-state index contributed by atoms with van der Waals surface area (Å²) < 4.78 is 61.1. The fourth-order valence-electron chi connectivity index (χ4n) is 3.44. The van der Waals surface area contributed by atoms with Crippen LogP contribution in [-0.4, -0.2) is 52.4 Å². The van der Waals surface area contributed by atoms with Crippen molar-refractivity contribution < 1.29 is 21.6 Å². The second-order valence-corrected chi connectivity index (χ2v) is 10.9. The van der Waals surface area contributed by atoms with E-state index in [1.165, 1.54) is 28.6 Å². The maximum Gasteiger partial charge on any atom is 0.243 e. The van der Waals surface area contributed by atoms with E-state index in [9.17, 15) is 16.8 Å². The number of morpholine rings is 1. The molecule has 0 amide bonds. The highest BCUT2D eigenvalue weighted by Gasteiger charge is 2.28. The Bertz CT molecular complexity index is 1200. The highest BCUT2D eigenvalue weighted by Crippen LogP contribution is 2.24. The molecular formula is C22H23N3O5S2. The van der Waals surface area contributed by atoms with Crippen molar-refractivity contribution in [3.63, 3.8) is 0 Å². The zero-order valence-corrected chi connectivity index (χ0v) is 18.8. The van der Waals surface area contributed by atoms with Gasteiger partial charge in [0.15, 0.2) is 0 Å². The van der Waals surface area contributed by atoms with Crippen molar-refractivity contribution in [3.05, 3.63) is 90.3 Å². The molecule has 0 bridgehead atoms. The number of pyridine rings is 1. The van der Waals surface area contributed by atoms with Gasteiger partial charge in [-0.3, -0.25) is 4.98 Å². The van der Waals surface area contributed by atoms with Gasteiger partial charge < -0.3 is 4.74 Å². The van der Waals surface area contributed by atoms with Crippen molar-refractivity contribution in [2.45, 2.75) is 15.8 Å². The fourth-order valence-corrected chi connectivity index (χ4v) is 6.05. The average Bonchev–Trinajstić information content (AvgIpc) is 2.84. The van der Waals surface area contributed by atoms with Gasteiger partial charge >= 0.3 is 0 Å². The van der Waals surface area contributed by atoms with Crippen LogP contribution < -0.4 is 4.72 Å². The SMILES string of the molecule is O=S(=O)(NC(c1ccccc1)c1ccccn1)c1ccc(S(=O)(=O)N2CCOCC2)cc1. The van der Waals surface area contributed by atoms with Crippen molar-refractivity contribution in [3.8, 4) is 0 Å². The standard InChI is InChI=1S/C22H23N3O5S2/c26-31(27,24-22(18-6-2-1-3-7-18)21-8-4-5-13-23-21)19-9-11-20(12-10-19)32(28,29)25-14-16-30-17-15-25/h1-13,22,24H,14-17H2. The van der Waals surface area contributed by atoms with Crippen molar-refractivity contribution in [1.82, 2.24) is 14.0 Å². The summed E-state index contributed by atoms with van der Waals surface area (Å²) in [6.07, 6.45) is 1.60. The maximum absolute atomic E-state index is 13.1. The van der Waals surface area contributed by atoms with Gasteiger partial charge in [-0.2, -0.15) is 9.03 Å². The molecular weight excluding hydrogens is 450 g/mol. The lowest BCUT2D eigenvalue weighted by Crippen LogP contribution is -2.40. The smallest absolute Gasteiger partial charge is 0.243 e. The number of hydrogen-bond donors (Lipinski definition) is 1. The van der Waals surface area contributed by atoms with Gasteiger partial charge in [-0.05, 0) is 42.0 Å². The predicted octanol–water partition coefficient (Wildman–Crippen LogP) is 2.17. The number of rotatable bonds is 7. The molecule has 0 spiro atoms. The third-order valence-corrected chi connectivity index (χ3v) is 8.48. The molecule has 3 aromatic rings. The average molecular weight is 474 g/mol. The Balaban J connectivity index is 1.61. The zero-order valence-electron chi connectivity index (χ0n) is 17.2. The van der Waals surface area contributed by atoms with Crippen LogP contribution in [0.3, 0.4) is 0 Å². The summed E-state index contributed by atoms with van der Waals surface area (Å²) in [5.74, 6) is 0. The molecule has 1 fully saturated rings. The summed E-state index contributed by atoms with van der Waals surface area (Å²) in [5, 5.41) is 0. The van der Waals surface area contributed by atoms with Crippen LogP contribution >= 0.6 is 0 Å². The molecule has 0 radical (unpaired) electrons. The van der Waals surface area contributed by atoms with E-state index in [1.807, 2.05) is 30.3 Å². The molecule has 4 rings (SSSR count). The monoisotopic (exact) mass is 473 g/mol. The van der Waals surface area contributed by atoms with Crippen LogP contribution in [0, 0.1) is 0 Å². The second-order valence-electron chi connectivity index (χ2n) is 7.21. The van der Waals surface area contributed by atoms with Gasteiger partial charge in [0.1, 0.15) is 0 Å². The van der Waals surface area contributed by atoms with E-state index in [0.717, 1.165) is 5.56 Å². The third kappa shape index (κ3) is 4.89. The van der Waals surface area contributed by atoms with E-state index in [4.69, 9.17) is 4.74 Å². The lowest BCUT2D eigenvalue weighted by molar-refractivity contribution is 0.0730. The molecule has 1 saturated heterocycles. The lowest BCUT2D eigenvalue weighted by Gasteiger charge is -2.26. The summed E-state index contributed by atoms with van der Waals surface area (Å²) in [5.41, 5.74) is 1.29. The molecule has 0 aliphatic carbocycles. The summed E-state index contributed by atoms with van der Waals surface area (Å²) in [6, 6.07) is 19.0. The first kappa shape index (κ1) is 22.6. The van der Waals surface area contributed by atoms with Crippen molar-refractivity contribution in [1.29, 1.82) is 0 Å². The van der Waals surface area contributed by atoms with Crippen LogP contribution in [0.1, 0.15) is 17.3 Å². The minimum atomic E-state index is -3.96. The molecule has 1 aliphatic heterocycles. The summed E-state index contributed by atoms with van der Waals surface area (Å²) in [6.45, 7) is 1.22. The van der Waals surface area contributed by atoms with E-state index < -0.39 is 26.1 Å². The van der Waals surface area contributed by atoms with Crippen LogP contribution in [-0.2, 0) is 24.8 Å². The topological polar surface area (TPSA) is 106 Å². The Morgan fingerprint density at radius 1 is 0.812 bits per heavy atom. The molecule has 32 heavy (non-hydrogen) atoms. The molecule has 1 unspecified atom stereocenters. The first-order valence-corrected chi connectivity index (χ1v) is 13.0. The Kier molecular flexibility index (Phi) is 6.68. The number of aromatic nitrogens is 1. The second kappa shape index (κ2) is 9.47. The maximum atomic E-state index is 13.1. The number of sulfonamides is 2. The zero-order chi connectivity index (χ0) is 22.6. The normalized spacial score (nSPS) is 16.5. The molecule has 10 heteroatoms. The van der Waals surface area contributed by atoms with Crippen LogP contribution in [0.15, 0.2) is 88.8 Å². The Morgan fingerprint density at radius 2 is 1.44 bits per heavy atom. The summed E-state index contributed by atoms with van der Waals surface area (Å²) in [7, 11) is -7.67. The van der Waals surface area contributed by atoms with Gasteiger partial charge in [-0.15, -0.1) is 0 Å². The largest absolute Gasteiger partial charge is 0.379 e. The number of ether oxygens (including phenoxy) is 1. The van der Waals surface area contributed by atoms with Gasteiger partial charge in [0.2, 0.25) is 20.0 Å². The van der Waals surface area contributed by atoms with Gasteiger partial charge in [0, 0.05) is 19.3 Å². The number of nitrogens with zero attached hydrogens (tertiary/aromatic N) is 2. The van der Waals surface area contributed by atoms with Crippen LogP contribution in [0.2, 0.25) is 0 Å². The minimum Gasteiger partial charge on any atom is -0.379 e. The summed E-state index contributed by atoms with van der Waals surface area (Å²) in [4.78, 5) is 4.32. The molecule has 1 atom stereocenters. The number of benzene rings is 2. The highest BCUT2D eigenvalue weighted by atomic mass is 32.2. The van der Waals surface area contributed by atoms with E-state index in [-0.39, 0.29) is 22.9 Å². The van der Waals surface area contributed by atoms with Gasteiger partial charge in [-0.1, -0.05) is 36.4 Å². The van der Waals surface area contributed by atoms with Crippen LogP contribution in [0.4, 0.5) is 0 Å². The first-order chi connectivity index (χ1) is 15.4. The predicted molar refractivity (Wildman–Crippen MR) is 119 cm³/mol. The van der Waals surface area contributed by atoms with Gasteiger partial charge in [-0.25, -0.2) is 16.8 Å². The highest BCUT2D eigenvalue weighted by molar-refractivity contribution is 7.89. The molecule has 1 N–H and O–H groups in total. The van der Waals surface area contributed by atoms with E-state index >= 15 is 0 Å². The van der Waals surface area contributed by atoms with Crippen LogP contribution in [0.25, 0.3) is 0 Å². The lowest BCUT2D eigenvalue weighted by atomic mass is 10.0. The molecule has 1 aliphatic rings. The molecule has 1 aromatic heterocycles. The third-order valence-electron chi connectivity index (χ3n) is 5.13. The quantitative estimate of drug-likeness (QED) is 0.564. The molecule has 8 nitrogen and oxygen atoms in total. The van der Waals surface area contributed by atoms with Gasteiger partial charge in [0.25, 0.3) is 0 Å². The molecule has 2 heterocycles. The molecule has 168 valence electrons. The Morgan fingerprint density at radius 3 is 2.06 bits per heavy atom. The Labute approximate surface area is 188 Å². The summed E-state index contributed by atoms with van der Waals surface area (Å²) >= 11 is 0. The molecule has 2 aromatic carbocycles. The minimum absolute atomic E-state index is 0.0321. The van der Waals surface area contributed by atoms with Gasteiger partial charge in [0.05, 0.1) is 34.7 Å². The Hall–Kier alpha value is -2.63.